The first-order chi connectivity index (χ1) is 9.66. The molecule has 20 heavy (non-hydrogen) atoms. The number of ether oxygens (including phenoxy) is 1. The maximum Gasteiger partial charge on any atom is 0.305 e. The molecular formula is C17H26O3. The topological polar surface area (TPSA) is 46.5 Å². The molecule has 3 heteroatoms. The number of aliphatic hydroxyl groups excluding tert-OH is 1. The van der Waals surface area contributed by atoms with Gasteiger partial charge in [0.25, 0.3) is 0 Å². The van der Waals surface area contributed by atoms with Crippen LogP contribution in [0.25, 0.3) is 0 Å². The molecule has 0 heterocycles. The second-order valence-corrected chi connectivity index (χ2v) is 4.40. The predicted molar refractivity (Wildman–Crippen MR) is 83.3 cm³/mol. The van der Waals surface area contributed by atoms with Crippen molar-refractivity contribution < 1.29 is 14.6 Å². The number of allylic oxidation sites excluding steroid dienone is 7. The molecule has 0 rings (SSSR count). The summed E-state index contributed by atoms with van der Waals surface area (Å²) in [6.07, 6.45) is 19.6. The summed E-state index contributed by atoms with van der Waals surface area (Å²) in [4.78, 5) is 10.8. The second-order valence-electron chi connectivity index (χ2n) is 4.40. The lowest BCUT2D eigenvalue weighted by atomic mass is 10.2. The van der Waals surface area contributed by atoms with Crippen LogP contribution in [0.3, 0.4) is 0 Å². The smallest absolute Gasteiger partial charge is 0.305 e. The van der Waals surface area contributed by atoms with Crippen molar-refractivity contribution in [3.8, 4) is 0 Å². The van der Waals surface area contributed by atoms with Crippen molar-refractivity contribution in [1.29, 1.82) is 0 Å². The van der Waals surface area contributed by atoms with E-state index in [1.54, 1.807) is 13.0 Å². The third-order valence-corrected chi connectivity index (χ3v) is 2.47. The van der Waals surface area contributed by atoms with Crippen LogP contribution in [0.1, 0.15) is 39.0 Å². The first-order valence-corrected chi connectivity index (χ1v) is 7.03. The van der Waals surface area contributed by atoms with Gasteiger partial charge in [-0.2, -0.15) is 0 Å². The highest BCUT2D eigenvalue weighted by molar-refractivity contribution is 5.69. The van der Waals surface area contributed by atoms with Crippen LogP contribution in [-0.4, -0.2) is 24.3 Å². The van der Waals surface area contributed by atoms with Gasteiger partial charge in [0.15, 0.2) is 0 Å². The molecule has 0 spiro atoms. The van der Waals surface area contributed by atoms with Crippen LogP contribution in [0.15, 0.2) is 48.6 Å². The normalized spacial score (nSPS) is 13.9. The summed E-state index contributed by atoms with van der Waals surface area (Å²) in [6.45, 7) is 1.74. The van der Waals surface area contributed by atoms with Crippen LogP contribution in [0.2, 0.25) is 0 Å². The van der Waals surface area contributed by atoms with Crippen LogP contribution >= 0.6 is 0 Å². The molecule has 0 radical (unpaired) electrons. The van der Waals surface area contributed by atoms with Crippen LogP contribution in [0.5, 0.6) is 0 Å². The Morgan fingerprint density at radius 3 is 2.00 bits per heavy atom. The summed E-state index contributed by atoms with van der Waals surface area (Å²) in [6, 6.07) is 0. The third-order valence-electron chi connectivity index (χ3n) is 2.47. The average Bonchev–Trinajstić information content (AvgIpc) is 2.43. The van der Waals surface area contributed by atoms with Gasteiger partial charge in [-0.3, -0.25) is 4.79 Å². The molecule has 0 amide bonds. The lowest BCUT2D eigenvalue weighted by molar-refractivity contribution is -0.140. The van der Waals surface area contributed by atoms with E-state index in [1.807, 2.05) is 12.2 Å². The van der Waals surface area contributed by atoms with E-state index in [1.165, 1.54) is 7.11 Å². The molecule has 0 aromatic heterocycles. The lowest BCUT2D eigenvalue weighted by Crippen LogP contribution is -1.97. The zero-order valence-corrected chi connectivity index (χ0v) is 12.5. The van der Waals surface area contributed by atoms with Gasteiger partial charge in [0, 0.05) is 6.42 Å². The minimum Gasteiger partial charge on any atom is -0.469 e. The first kappa shape index (κ1) is 18.4. The molecule has 0 saturated carbocycles. The number of esters is 1. The molecule has 0 unspecified atom stereocenters. The van der Waals surface area contributed by atoms with E-state index in [0.29, 0.717) is 6.42 Å². The van der Waals surface area contributed by atoms with Gasteiger partial charge in [0.1, 0.15) is 0 Å². The van der Waals surface area contributed by atoms with Gasteiger partial charge < -0.3 is 9.84 Å². The molecule has 0 fully saturated rings. The van der Waals surface area contributed by atoms with Gasteiger partial charge in [-0.15, -0.1) is 0 Å². The van der Waals surface area contributed by atoms with E-state index in [4.69, 9.17) is 5.11 Å². The van der Waals surface area contributed by atoms with Gasteiger partial charge in [-0.25, -0.2) is 0 Å². The van der Waals surface area contributed by atoms with Crippen molar-refractivity contribution in [2.75, 3.05) is 7.11 Å². The van der Waals surface area contributed by atoms with Crippen LogP contribution in [0.4, 0.5) is 0 Å². The summed E-state index contributed by atoms with van der Waals surface area (Å²) in [7, 11) is 1.41. The van der Waals surface area contributed by atoms with Crippen LogP contribution < -0.4 is 0 Å². The van der Waals surface area contributed by atoms with Gasteiger partial charge in [-0.05, 0) is 32.6 Å². The fourth-order valence-electron chi connectivity index (χ4n) is 1.41. The molecule has 0 aromatic rings. The monoisotopic (exact) mass is 278 g/mol. The van der Waals surface area contributed by atoms with Crippen LogP contribution in [-0.2, 0) is 9.53 Å². The zero-order chi connectivity index (χ0) is 15.1. The van der Waals surface area contributed by atoms with Gasteiger partial charge >= 0.3 is 5.97 Å². The highest BCUT2D eigenvalue weighted by atomic mass is 16.5. The predicted octanol–water partition coefficient (Wildman–Crippen LogP) is 3.72. The maximum absolute atomic E-state index is 10.8. The Balaban J connectivity index is 3.50. The Bertz CT molecular complexity index is 349. The minimum atomic E-state index is -0.366. The standard InChI is InChI=1S/C17H26O3/c1-16(18)14-12-10-8-6-4-3-5-7-9-11-13-15-17(19)20-2/h3,5-6,8-9,11-12,14,16,18H,4,7,10,13,15H2,1-2H3/b5-3-,8-6-,11-9-,14-12-/t16-/m0/s1. The zero-order valence-electron chi connectivity index (χ0n) is 12.5. The first-order valence-electron chi connectivity index (χ1n) is 7.03. The number of hydrogen-bond donors (Lipinski definition) is 1. The number of aliphatic hydroxyl groups is 1. The highest BCUT2D eigenvalue weighted by Crippen LogP contribution is 1.97. The van der Waals surface area contributed by atoms with Gasteiger partial charge in [-0.1, -0.05) is 48.6 Å². The molecule has 0 aromatic carbocycles. The number of carbonyl (C=O) groups excluding carboxylic acids is 1. The average molecular weight is 278 g/mol. The summed E-state index contributed by atoms with van der Waals surface area (Å²) in [5.41, 5.74) is 0. The number of hydrogen-bond acceptors (Lipinski definition) is 3. The molecule has 0 bridgehead atoms. The highest BCUT2D eigenvalue weighted by Gasteiger charge is 1.94. The summed E-state index contributed by atoms with van der Waals surface area (Å²) in [5, 5.41) is 9.00. The quantitative estimate of drug-likeness (QED) is 0.489. The molecular weight excluding hydrogens is 252 g/mol. The minimum absolute atomic E-state index is 0.167. The number of methoxy groups -OCH3 is 1. The SMILES string of the molecule is COC(=O)CC/C=C\C/C=C\C/C=C\C/C=C\[C@H](C)O. The molecule has 0 aliphatic heterocycles. The third kappa shape index (κ3) is 14.5. The molecule has 0 aliphatic rings. The van der Waals surface area contributed by atoms with Gasteiger partial charge in [0.2, 0.25) is 0 Å². The molecule has 1 N–H and O–H groups in total. The molecule has 112 valence electrons. The fourth-order valence-corrected chi connectivity index (χ4v) is 1.41. The maximum atomic E-state index is 10.8. The van der Waals surface area contributed by atoms with Crippen molar-refractivity contribution in [2.24, 2.45) is 0 Å². The van der Waals surface area contributed by atoms with Crippen molar-refractivity contribution in [3.63, 3.8) is 0 Å². The Morgan fingerprint density at radius 1 is 1.00 bits per heavy atom. The van der Waals surface area contributed by atoms with E-state index in [9.17, 15) is 4.79 Å². The lowest BCUT2D eigenvalue weighted by Gasteiger charge is -1.93. The van der Waals surface area contributed by atoms with Crippen molar-refractivity contribution >= 4 is 5.97 Å². The van der Waals surface area contributed by atoms with E-state index in [2.05, 4.69) is 35.1 Å². The Kier molecular flexibility index (Phi) is 12.7. The summed E-state index contributed by atoms with van der Waals surface area (Å²) in [5.74, 6) is -0.167. The summed E-state index contributed by atoms with van der Waals surface area (Å²) < 4.78 is 4.55. The van der Waals surface area contributed by atoms with Crippen molar-refractivity contribution in [3.05, 3.63) is 48.6 Å². The van der Waals surface area contributed by atoms with Crippen molar-refractivity contribution in [1.82, 2.24) is 0 Å². The Hall–Kier alpha value is -1.61. The largest absolute Gasteiger partial charge is 0.469 e. The second kappa shape index (κ2) is 13.8. The van der Waals surface area contributed by atoms with E-state index in [0.717, 1.165) is 25.7 Å². The van der Waals surface area contributed by atoms with Gasteiger partial charge in [0.05, 0.1) is 13.2 Å². The fraction of sp³-hybridized carbons (Fsp3) is 0.471. The van der Waals surface area contributed by atoms with E-state index >= 15 is 0 Å². The Labute approximate surface area is 122 Å². The van der Waals surface area contributed by atoms with Crippen molar-refractivity contribution in [2.45, 2.75) is 45.1 Å². The molecule has 3 nitrogen and oxygen atoms in total. The number of rotatable bonds is 10. The molecule has 0 aliphatic carbocycles. The summed E-state index contributed by atoms with van der Waals surface area (Å²) >= 11 is 0. The number of carbonyl (C=O) groups is 1. The van der Waals surface area contributed by atoms with E-state index < -0.39 is 0 Å². The Morgan fingerprint density at radius 2 is 1.50 bits per heavy atom. The van der Waals surface area contributed by atoms with E-state index in [-0.39, 0.29) is 12.1 Å². The molecule has 1 atom stereocenters. The molecule has 0 saturated heterocycles. The van der Waals surface area contributed by atoms with Crippen LogP contribution in [0, 0.1) is 0 Å².